The van der Waals surface area contributed by atoms with Crippen molar-refractivity contribution in [3.05, 3.63) is 94.7 Å². The summed E-state index contributed by atoms with van der Waals surface area (Å²) >= 11 is 28.6. The van der Waals surface area contributed by atoms with E-state index in [4.69, 9.17) is 55.9 Å². The first kappa shape index (κ1) is 27.2. The van der Waals surface area contributed by atoms with Gasteiger partial charge in [-0.25, -0.2) is 0 Å². The first-order valence-electron chi connectivity index (χ1n) is 10.3. The topological polar surface area (TPSA) is 55.8 Å². The zero-order valence-electron chi connectivity index (χ0n) is 18.5. The molecule has 0 unspecified atom stereocenters. The highest BCUT2D eigenvalue weighted by Crippen LogP contribution is 2.40. The van der Waals surface area contributed by atoms with Crippen LogP contribution in [0.4, 0.5) is 4.79 Å². The molecule has 0 radical (unpaired) electrons. The lowest BCUT2D eigenvalue weighted by Gasteiger charge is -2.14. The Morgan fingerprint density at radius 3 is 2.44 bits per heavy atom. The lowest BCUT2D eigenvalue weighted by molar-refractivity contribution is -0.123. The molecule has 186 valence electrons. The molecule has 3 aromatic carbocycles. The Morgan fingerprint density at radius 2 is 1.75 bits per heavy atom. The van der Waals surface area contributed by atoms with Crippen molar-refractivity contribution in [1.29, 1.82) is 0 Å². The van der Waals surface area contributed by atoms with Gasteiger partial charge in [-0.3, -0.25) is 14.5 Å². The number of benzene rings is 3. The second kappa shape index (κ2) is 11.7. The molecule has 1 heterocycles. The quantitative estimate of drug-likeness (QED) is 0.240. The number of nitrogens with zero attached hydrogens (tertiary/aromatic N) is 1. The second-order valence-corrected chi connectivity index (χ2v) is 11.1. The smallest absolute Gasteiger partial charge is 0.293 e. The third-order valence-corrected chi connectivity index (χ3v) is 7.96. The predicted octanol–water partition coefficient (Wildman–Crippen LogP) is 8.89. The van der Waals surface area contributed by atoms with Gasteiger partial charge in [0.2, 0.25) is 0 Å². The van der Waals surface area contributed by atoms with E-state index in [1.165, 1.54) is 7.11 Å². The number of ether oxygens (including phenoxy) is 2. The van der Waals surface area contributed by atoms with Gasteiger partial charge >= 0.3 is 0 Å². The fourth-order valence-corrected chi connectivity index (χ4v) is 5.56. The summed E-state index contributed by atoms with van der Waals surface area (Å²) in [6, 6.07) is 13.6. The van der Waals surface area contributed by atoms with Crippen molar-refractivity contribution in [2.75, 3.05) is 7.11 Å². The van der Waals surface area contributed by atoms with Crippen LogP contribution in [0, 0.1) is 0 Å². The molecule has 1 aliphatic heterocycles. The largest absolute Gasteiger partial charge is 0.493 e. The van der Waals surface area contributed by atoms with Crippen LogP contribution in [0.25, 0.3) is 6.08 Å². The molecule has 0 spiro atoms. The summed E-state index contributed by atoms with van der Waals surface area (Å²) in [6.45, 7) is 0.282. The molecule has 0 bridgehead atoms. The molecule has 0 N–H and O–H groups in total. The molecule has 36 heavy (non-hydrogen) atoms. The number of amides is 2. The van der Waals surface area contributed by atoms with E-state index in [0.29, 0.717) is 47.2 Å². The van der Waals surface area contributed by atoms with Crippen LogP contribution < -0.4 is 9.47 Å². The number of halogens is 5. The summed E-state index contributed by atoms with van der Waals surface area (Å²) < 4.78 is 12.1. The van der Waals surface area contributed by atoms with E-state index in [1.54, 1.807) is 54.6 Å². The van der Waals surface area contributed by atoms with Crippen LogP contribution in [-0.4, -0.2) is 23.2 Å². The minimum atomic E-state index is -0.399. The molecule has 2 amide bonds. The molecular weight excluding hydrogens is 632 g/mol. The fourth-order valence-electron chi connectivity index (χ4n) is 3.36. The SMILES string of the molecule is COc1cc(/C=C2\SC(=O)N(Cc3ccc(Cl)c(Cl)c3)C2=O)cc(Br)c1OCc1ccc(Cl)cc1Cl. The summed E-state index contributed by atoms with van der Waals surface area (Å²) in [6.07, 6.45) is 1.63. The van der Waals surface area contributed by atoms with Crippen LogP contribution in [0.1, 0.15) is 16.7 Å². The monoisotopic (exact) mass is 645 g/mol. The molecule has 11 heteroatoms. The van der Waals surface area contributed by atoms with Crippen LogP contribution in [0.5, 0.6) is 11.5 Å². The maximum Gasteiger partial charge on any atom is 0.293 e. The Balaban J connectivity index is 1.53. The van der Waals surface area contributed by atoms with Crippen LogP contribution in [0.2, 0.25) is 20.1 Å². The number of thioether (sulfide) groups is 1. The number of carbonyl (C=O) groups excluding carboxylic acids is 2. The molecule has 0 aromatic heterocycles. The van der Waals surface area contributed by atoms with Crippen molar-refractivity contribution >= 4 is 91.3 Å². The van der Waals surface area contributed by atoms with Crippen molar-refractivity contribution in [3.8, 4) is 11.5 Å². The van der Waals surface area contributed by atoms with Gasteiger partial charge < -0.3 is 9.47 Å². The number of hydrogen-bond donors (Lipinski definition) is 0. The van der Waals surface area contributed by atoms with Gasteiger partial charge in [0.05, 0.1) is 33.1 Å². The van der Waals surface area contributed by atoms with E-state index >= 15 is 0 Å². The highest BCUT2D eigenvalue weighted by molar-refractivity contribution is 9.10. The number of rotatable bonds is 7. The van der Waals surface area contributed by atoms with E-state index < -0.39 is 5.91 Å². The van der Waals surface area contributed by atoms with Gasteiger partial charge in [0, 0.05) is 15.6 Å². The van der Waals surface area contributed by atoms with E-state index in [2.05, 4.69) is 15.9 Å². The number of imide groups is 1. The standard InChI is InChI=1S/C25H16BrCl4NO4S/c1-34-21-8-14(6-17(26)23(21)35-12-15-3-4-16(27)10-19(15)29)9-22-24(32)31(25(33)36-22)11-13-2-5-18(28)20(30)7-13/h2-10H,11-12H2,1H3/b22-9-. The highest BCUT2D eigenvalue weighted by atomic mass is 79.9. The average molecular weight is 648 g/mol. The van der Waals surface area contributed by atoms with Crippen LogP contribution in [0.15, 0.2) is 57.9 Å². The molecule has 1 fully saturated rings. The van der Waals surface area contributed by atoms with Crippen molar-refractivity contribution in [2.24, 2.45) is 0 Å². The normalized spacial score (nSPS) is 14.6. The van der Waals surface area contributed by atoms with Crippen molar-refractivity contribution in [2.45, 2.75) is 13.2 Å². The first-order valence-corrected chi connectivity index (χ1v) is 13.4. The Hall–Kier alpha value is -1.87. The van der Waals surface area contributed by atoms with E-state index in [-0.39, 0.29) is 23.3 Å². The molecular formula is C25H16BrCl4NO4S. The van der Waals surface area contributed by atoms with Crippen molar-refractivity contribution in [1.82, 2.24) is 4.90 Å². The van der Waals surface area contributed by atoms with Gasteiger partial charge in [0.1, 0.15) is 6.61 Å². The first-order chi connectivity index (χ1) is 17.2. The van der Waals surface area contributed by atoms with E-state index in [0.717, 1.165) is 22.2 Å². The predicted molar refractivity (Wildman–Crippen MR) is 149 cm³/mol. The summed E-state index contributed by atoms with van der Waals surface area (Å²) in [5.41, 5.74) is 2.10. The van der Waals surface area contributed by atoms with Crippen LogP contribution in [0.3, 0.4) is 0 Å². The zero-order chi connectivity index (χ0) is 26.0. The van der Waals surface area contributed by atoms with Crippen LogP contribution in [-0.2, 0) is 17.9 Å². The van der Waals surface area contributed by atoms with Gasteiger partial charge in [0.15, 0.2) is 11.5 Å². The maximum absolute atomic E-state index is 13.0. The van der Waals surface area contributed by atoms with Crippen LogP contribution >= 0.6 is 74.1 Å². The van der Waals surface area contributed by atoms with E-state index in [9.17, 15) is 9.59 Å². The zero-order valence-corrected chi connectivity index (χ0v) is 23.9. The van der Waals surface area contributed by atoms with Crippen molar-refractivity contribution < 1.29 is 19.1 Å². The Labute approximate surface area is 240 Å². The second-order valence-electron chi connectivity index (χ2n) is 7.57. The Morgan fingerprint density at radius 1 is 0.972 bits per heavy atom. The molecule has 5 nitrogen and oxygen atoms in total. The summed E-state index contributed by atoms with van der Waals surface area (Å²) in [5.74, 6) is 0.507. The number of hydrogen-bond acceptors (Lipinski definition) is 5. The summed E-state index contributed by atoms with van der Waals surface area (Å²) in [4.78, 5) is 27.0. The molecule has 0 saturated carbocycles. The van der Waals surface area contributed by atoms with Gasteiger partial charge in [-0.2, -0.15) is 0 Å². The summed E-state index contributed by atoms with van der Waals surface area (Å²) in [7, 11) is 1.51. The number of carbonyl (C=O) groups is 2. The Bertz CT molecular complexity index is 1400. The third-order valence-electron chi connectivity index (χ3n) is 5.13. The van der Waals surface area contributed by atoms with E-state index in [1.807, 2.05) is 0 Å². The van der Waals surface area contributed by atoms with Gasteiger partial charge in [-0.05, 0) is 81.3 Å². The molecule has 0 atom stereocenters. The highest BCUT2D eigenvalue weighted by Gasteiger charge is 2.35. The maximum atomic E-state index is 13.0. The molecule has 4 rings (SSSR count). The lowest BCUT2D eigenvalue weighted by atomic mass is 10.1. The van der Waals surface area contributed by atoms with Crippen molar-refractivity contribution in [3.63, 3.8) is 0 Å². The average Bonchev–Trinajstić information content (AvgIpc) is 3.08. The molecule has 0 aliphatic carbocycles. The summed E-state index contributed by atoms with van der Waals surface area (Å²) in [5, 5.41) is 1.41. The molecule has 3 aromatic rings. The minimum Gasteiger partial charge on any atom is -0.493 e. The minimum absolute atomic E-state index is 0.0892. The van der Waals surface area contributed by atoms with Gasteiger partial charge in [-0.15, -0.1) is 0 Å². The Kier molecular flexibility index (Phi) is 8.81. The van der Waals surface area contributed by atoms with Gasteiger partial charge in [0.25, 0.3) is 11.1 Å². The van der Waals surface area contributed by atoms with Gasteiger partial charge in [-0.1, -0.05) is 58.5 Å². The molecule has 1 aliphatic rings. The molecule has 1 saturated heterocycles. The lowest BCUT2D eigenvalue weighted by Crippen LogP contribution is -2.27. The fraction of sp³-hybridized carbons (Fsp3) is 0.120. The number of methoxy groups -OCH3 is 1. The third kappa shape index (κ3) is 6.15.